The highest BCUT2D eigenvalue weighted by Crippen LogP contribution is 2.26. The van der Waals surface area contributed by atoms with Crippen molar-refractivity contribution in [1.29, 1.82) is 0 Å². The zero-order chi connectivity index (χ0) is 17.7. The van der Waals surface area contributed by atoms with Crippen molar-refractivity contribution in [2.24, 2.45) is 0 Å². The van der Waals surface area contributed by atoms with E-state index < -0.39 is 0 Å². The van der Waals surface area contributed by atoms with E-state index in [2.05, 4.69) is 17.0 Å². The molecule has 0 radical (unpaired) electrons. The molecule has 0 aliphatic carbocycles. The summed E-state index contributed by atoms with van der Waals surface area (Å²) in [6, 6.07) is 13.2. The van der Waals surface area contributed by atoms with Crippen LogP contribution in [0.3, 0.4) is 0 Å². The summed E-state index contributed by atoms with van der Waals surface area (Å²) in [6.45, 7) is 3.72. The SMILES string of the molecule is CC1(NSc2cccc(C(=O)Nc3ccc(F)cc3)c2)CCOCC1. The Hall–Kier alpha value is -1.89. The number of amides is 1. The molecule has 1 aliphatic heterocycles. The number of nitrogens with one attached hydrogen (secondary N) is 2. The maximum atomic E-state index is 12.9. The van der Waals surface area contributed by atoms with Gasteiger partial charge in [0.2, 0.25) is 0 Å². The Labute approximate surface area is 151 Å². The third-order valence-electron chi connectivity index (χ3n) is 4.21. The van der Waals surface area contributed by atoms with Gasteiger partial charge in [0.15, 0.2) is 0 Å². The molecule has 2 N–H and O–H groups in total. The molecule has 2 aromatic rings. The van der Waals surface area contributed by atoms with E-state index in [0.29, 0.717) is 11.3 Å². The minimum atomic E-state index is -0.330. The molecule has 25 heavy (non-hydrogen) atoms. The van der Waals surface area contributed by atoms with E-state index in [1.807, 2.05) is 18.2 Å². The average Bonchev–Trinajstić information content (AvgIpc) is 2.63. The van der Waals surface area contributed by atoms with Crippen LogP contribution in [-0.4, -0.2) is 24.7 Å². The number of carbonyl (C=O) groups excluding carboxylic acids is 1. The van der Waals surface area contributed by atoms with Crippen LogP contribution in [0.15, 0.2) is 53.4 Å². The lowest BCUT2D eigenvalue weighted by molar-refractivity contribution is 0.0547. The molecular weight excluding hydrogens is 339 g/mol. The van der Waals surface area contributed by atoms with Crippen molar-refractivity contribution in [3.63, 3.8) is 0 Å². The van der Waals surface area contributed by atoms with Gasteiger partial charge in [0.25, 0.3) is 5.91 Å². The molecule has 3 rings (SSSR count). The maximum Gasteiger partial charge on any atom is 0.255 e. The molecular formula is C19H21FN2O2S. The fourth-order valence-corrected chi connectivity index (χ4v) is 3.44. The van der Waals surface area contributed by atoms with E-state index in [1.54, 1.807) is 18.2 Å². The molecule has 1 amide bonds. The lowest BCUT2D eigenvalue weighted by Crippen LogP contribution is -2.43. The van der Waals surface area contributed by atoms with Gasteiger partial charge in [-0.1, -0.05) is 6.07 Å². The second kappa shape index (κ2) is 7.99. The van der Waals surface area contributed by atoms with Crippen LogP contribution in [0, 0.1) is 5.82 Å². The van der Waals surface area contributed by atoms with Crippen molar-refractivity contribution in [2.75, 3.05) is 18.5 Å². The van der Waals surface area contributed by atoms with Gasteiger partial charge in [-0.05, 0) is 74.2 Å². The fourth-order valence-electron chi connectivity index (χ4n) is 2.54. The molecule has 132 valence electrons. The summed E-state index contributed by atoms with van der Waals surface area (Å²) in [5, 5.41) is 2.77. The molecule has 1 aliphatic rings. The highest BCUT2D eigenvalue weighted by Gasteiger charge is 2.27. The summed E-state index contributed by atoms with van der Waals surface area (Å²) in [7, 11) is 0. The number of anilines is 1. The van der Waals surface area contributed by atoms with Gasteiger partial charge in [0.05, 0.1) is 0 Å². The van der Waals surface area contributed by atoms with E-state index in [4.69, 9.17) is 4.74 Å². The summed E-state index contributed by atoms with van der Waals surface area (Å²) in [5.41, 5.74) is 1.17. The number of halogens is 1. The molecule has 2 aromatic carbocycles. The van der Waals surface area contributed by atoms with Gasteiger partial charge in [-0.3, -0.25) is 9.52 Å². The van der Waals surface area contributed by atoms with Crippen LogP contribution in [-0.2, 0) is 4.74 Å². The van der Waals surface area contributed by atoms with Crippen LogP contribution in [0.25, 0.3) is 0 Å². The minimum absolute atomic E-state index is 0.0370. The highest BCUT2D eigenvalue weighted by atomic mass is 32.2. The van der Waals surface area contributed by atoms with Crippen molar-refractivity contribution in [1.82, 2.24) is 4.72 Å². The molecule has 1 heterocycles. The van der Waals surface area contributed by atoms with E-state index >= 15 is 0 Å². The number of carbonyl (C=O) groups is 1. The Morgan fingerprint density at radius 1 is 1.16 bits per heavy atom. The van der Waals surface area contributed by atoms with Crippen LogP contribution < -0.4 is 10.0 Å². The molecule has 4 nitrogen and oxygen atoms in total. The number of hydrogen-bond donors (Lipinski definition) is 2. The molecule has 0 atom stereocenters. The maximum absolute atomic E-state index is 12.9. The van der Waals surface area contributed by atoms with Gasteiger partial charge < -0.3 is 10.1 Å². The number of benzene rings is 2. The topological polar surface area (TPSA) is 50.4 Å². The first kappa shape index (κ1) is 17.9. The van der Waals surface area contributed by atoms with E-state index in [-0.39, 0.29) is 17.3 Å². The van der Waals surface area contributed by atoms with Crippen LogP contribution in [0.1, 0.15) is 30.1 Å². The number of hydrogen-bond acceptors (Lipinski definition) is 4. The fraction of sp³-hybridized carbons (Fsp3) is 0.316. The Kier molecular flexibility index (Phi) is 5.73. The predicted octanol–water partition coefficient (Wildman–Crippen LogP) is 4.24. The monoisotopic (exact) mass is 360 g/mol. The molecule has 1 saturated heterocycles. The first-order chi connectivity index (χ1) is 12.0. The van der Waals surface area contributed by atoms with Gasteiger partial charge in [0, 0.05) is 34.9 Å². The van der Waals surface area contributed by atoms with Crippen LogP contribution in [0.5, 0.6) is 0 Å². The van der Waals surface area contributed by atoms with Crippen molar-refractivity contribution in [2.45, 2.75) is 30.2 Å². The number of ether oxygens (including phenoxy) is 1. The molecule has 0 saturated carbocycles. The molecule has 1 fully saturated rings. The van der Waals surface area contributed by atoms with Gasteiger partial charge in [-0.15, -0.1) is 0 Å². The zero-order valence-electron chi connectivity index (χ0n) is 14.0. The van der Waals surface area contributed by atoms with Gasteiger partial charge in [-0.25, -0.2) is 4.39 Å². The first-order valence-electron chi connectivity index (χ1n) is 8.23. The molecule has 6 heteroatoms. The van der Waals surface area contributed by atoms with E-state index in [9.17, 15) is 9.18 Å². The van der Waals surface area contributed by atoms with Crippen LogP contribution in [0.2, 0.25) is 0 Å². The third-order valence-corrected chi connectivity index (χ3v) is 5.29. The summed E-state index contributed by atoms with van der Waals surface area (Å²) >= 11 is 1.53. The van der Waals surface area contributed by atoms with Gasteiger partial charge in [-0.2, -0.15) is 0 Å². The van der Waals surface area contributed by atoms with Crippen molar-refractivity contribution < 1.29 is 13.9 Å². The normalized spacial score (nSPS) is 16.4. The first-order valence-corrected chi connectivity index (χ1v) is 9.05. The lowest BCUT2D eigenvalue weighted by atomic mass is 9.94. The predicted molar refractivity (Wildman–Crippen MR) is 98.2 cm³/mol. The van der Waals surface area contributed by atoms with Crippen molar-refractivity contribution in [3.8, 4) is 0 Å². The third kappa shape index (κ3) is 5.04. The quantitative estimate of drug-likeness (QED) is 0.783. The van der Waals surface area contributed by atoms with Crippen molar-refractivity contribution in [3.05, 3.63) is 59.9 Å². The van der Waals surface area contributed by atoms with Crippen LogP contribution >= 0.6 is 11.9 Å². The Bertz CT molecular complexity index is 730. The summed E-state index contributed by atoms with van der Waals surface area (Å²) < 4.78 is 21.8. The Morgan fingerprint density at radius 2 is 1.88 bits per heavy atom. The Balaban J connectivity index is 1.62. The molecule has 0 spiro atoms. The minimum Gasteiger partial charge on any atom is -0.381 e. The van der Waals surface area contributed by atoms with Crippen LogP contribution in [0.4, 0.5) is 10.1 Å². The lowest BCUT2D eigenvalue weighted by Gasteiger charge is -2.33. The molecule has 0 aromatic heterocycles. The van der Waals surface area contributed by atoms with E-state index in [1.165, 1.54) is 24.1 Å². The van der Waals surface area contributed by atoms with E-state index in [0.717, 1.165) is 31.0 Å². The number of rotatable bonds is 5. The largest absolute Gasteiger partial charge is 0.381 e. The van der Waals surface area contributed by atoms with Gasteiger partial charge in [0.1, 0.15) is 5.82 Å². The summed E-state index contributed by atoms with van der Waals surface area (Å²) in [5.74, 6) is -0.546. The second-order valence-corrected chi connectivity index (χ2v) is 7.25. The summed E-state index contributed by atoms with van der Waals surface area (Å²) in [6.07, 6.45) is 1.93. The highest BCUT2D eigenvalue weighted by molar-refractivity contribution is 7.97. The van der Waals surface area contributed by atoms with Gasteiger partial charge >= 0.3 is 0 Å². The standard InChI is InChI=1S/C19H21FN2O2S/c1-19(9-11-24-12-10-19)22-25-17-4-2-3-14(13-17)18(23)21-16-7-5-15(20)6-8-16/h2-8,13,22H,9-12H2,1H3,(H,21,23). The smallest absolute Gasteiger partial charge is 0.255 e. The van der Waals surface area contributed by atoms with Crippen molar-refractivity contribution >= 4 is 23.5 Å². The molecule has 0 unspecified atom stereocenters. The second-order valence-electron chi connectivity index (χ2n) is 6.37. The zero-order valence-corrected chi connectivity index (χ0v) is 14.9. The summed E-state index contributed by atoms with van der Waals surface area (Å²) in [4.78, 5) is 13.3. The Morgan fingerprint density at radius 3 is 2.60 bits per heavy atom. The molecule has 0 bridgehead atoms. The average molecular weight is 360 g/mol.